The van der Waals surface area contributed by atoms with Crippen LogP contribution in [0, 0.1) is 0 Å². The molecule has 0 saturated carbocycles. The third kappa shape index (κ3) is 3.45. The van der Waals surface area contributed by atoms with E-state index in [0.29, 0.717) is 0 Å². The first kappa shape index (κ1) is 13.4. The van der Waals surface area contributed by atoms with Crippen molar-refractivity contribution >= 4 is 12.1 Å². The summed E-state index contributed by atoms with van der Waals surface area (Å²) in [6.45, 7) is 0.331. The molecule has 0 spiro atoms. The van der Waals surface area contributed by atoms with Crippen LogP contribution in [0.15, 0.2) is 30.3 Å². The van der Waals surface area contributed by atoms with Gasteiger partial charge >= 0.3 is 6.16 Å². The molecule has 2 atom stereocenters. The summed E-state index contributed by atoms with van der Waals surface area (Å²) in [6, 6.07) is 9.00. The van der Waals surface area contributed by atoms with Crippen LogP contribution < -0.4 is 0 Å². The predicted molar refractivity (Wildman–Crippen MR) is 65.5 cm³/mol. The van der Waals surface area contributed by atoms with Gasteiger partial charge in [0.1, 0.15) is 6.10 Å². The number of carbonyl (C=O) groups excluding carboxylic acids is 1. The maximum Gasteiger partial charge on any atom is 0.506 e. The summed E-state index contributed by atoms with van der Waals surface area (Å²) in [5, 5.41) is 18.5. The van der Waals surface area contributed by atoms with E-state index in [-0.39, 0.29) is 25.4 Å². The number of amides is 1. The van der Waals surface area contributed by atoms with Gasteiger partial charge in [0, 0.05) is 0 Å². The summed E-state index contributed by atoms with van der Waals surface area (Å²) in [4.78, 5) is 23.5. The number of hydrogen-bond donors (Lipinski definition) is 2. The van der Waals surface area contributed by atoms with E-state index in [9.17, 15) is 14.7 Å². The number of aliphatic hydroxyl groups is 1. The van der Waals surface area contributed by atoms with Crippen molar-refractivity contribution in [2.24, 2.45) is 0 Å². The van der Waals surface area contributed by atoms with Crippen molar-refractivity contribution < 1.29 is 24.5 Å². The number of carboxylic acid groups (broad SMARTS) is 1. The molecule has 2 rings (SSSR count). The molecule has 2 N–H and O–H groups in total. The Morgan fingerprint density at radius 2 is 2.11 bits per heavy atom. The molecule has 1 amide bonds. The Morgan fingerprint density at radius 1 is 1.42 bits per heavy atom. The molecule has 6 heteroatoms. The normalized spacial score (nSPS) is 20.4. The van der Waals surface area contributed by atoms with Crippen LogP contribution in [0.25, 0.3) is 0 Å². The van der Waals surface area contributed by atoms with E-state index >= 15 is 0 Å². The summed E-state index contributed by atoms with van der Waals surface area (Å²) < 4.78 is 4.57. The maximum atomic E-state index is 11.7. The molecule has 0 aromatic heterocycles. The summed E-state index contributed by atoms with van der Waals surface area (Å²) in [6.07, 6.45) is -2.78. The molecule has 102 valence electrons. The molecule has 2 unspecified atom stereocenters. The number of carbonyl (C=O) groups is 2. The topological polar surface area (TPSA) is 87.1 Å². The first-order valence-electron chi connectivity index (χ1n) is 5.96. The molecular weight excluding hydrogens is 250 g/mol. The zero-order valence-electron chi connectivity index (χ0n) is 10.2. The van der Waals surface area contributed by atoms with Crippen molar-refractivity contribution in [1.29, 1.82) is 0 Å². The standard InChI is InChI=1S/C13H15NO5/c15-11(9-4-2-1-3-5-9)8-14-7-10(6-12(14)16)19-13(17)18/h1-5,10-11,15H,6-8H2,(H,17,18). The van der Waals surface area contributed by atoms with Crippen LogP contribution in [0.1, 0.15) is 18.1 Å². The molecule has 6 nitrogen and oxygen atoms in total. The van der Waals surface area contributed by atoms with E-state index in [4.69, 9.17) is 5.11 Å². The Labute approximate surface area is 110 Å². The third-order valence-corrected chi connectivity index (χ3v) is 3.02. The zero-order chi connectivity index (χ0) is 13.8. The number of β-amino-alcohol motifs (C(OH)–C–C–N with tert-alkyl or cyclic N) is 1. The molecule has 1 aliphatic heterocycles. The Kier molecular flexibility index (Phi) is 4.01. The fraction of sp³-hybridized carbons (Fsp3) is 0.385. The molecule has 1 heterocycles. The molecule has 1 aliphatic rings. The lowest BCUT2D eigenvalue weighted by atomic mass is 10.1. The van der Waals surface area contributed by atoms with Gasteiger partial charge in [-0.15, -0.1) is 0 Å². The lowest BCUT2D eigenvalue weighted by molar-refractivity contribution is -0.129. The van der Waals surface area contributed by atoms with Crippen molar-refractivity contribution in [2.45, 2.75) is 18.6 Å². The summed E-state index contributed by atoms with van der Waals surface area (Å²) >= 11 is 0. The van der Waals surface area contributed by atoms with Crippen molar-refractivity contribution in [3.05, 3.63) is 35.9 Å². The van der Waals surface area contributed by atoms with Gasteiger partial charge in [-0.2, -0.15) is 0 Å². The van der Waals surface area contributed by atoms with Crippen molar-refractivity contribution in [3.63, 3.8) is 0 Å². The summed E-state index contributed by atoms with van der Waals surface area (Å²) in [5.41, 5.74) is 0.720. The Hall–Kier alpha value is -2.08. The smallest absolute Gasteiger partial charge is 0.450 e. The fourth-order valence-corrected chi connectivity index (χ4v) is 2.12. The third-order valence-electron chi connectivity index (χ3n) is 3.02. The summed E-state index contributed by atoms with van der Waals surface area (Å²) in [7, 11) is 0. The van der Waals surface area contributed by atoms with E-state index in [1.54, 1.807) is 24.3 Å². The van der Waals surface area contributed by atoms with Gasteiger partial charge in [0.25, 0.3) is 0 Å². The van der Waals surface area contributed by atoms with Crippen LogP contribution in [0.2, 0.25) is 0 Å². The van der Waals surface area contributed by atoms with Gasteiger partial charge in [0.05, 0.1) is 25.6 Å². The Morgan fingerprint density at radius 3 is 2.74 bits per heavy atom. The van der Waals surface area contributed by atoms with Crippen LogP contribution in [-0.4, -0.2) is 46.4 Å². The first-order valence-corrected chi connectivity index (χ1v) is 5.96. The number of hydrogen-bond acceptors (Lipinski definition) is 4. The minimum absolute atomic E-state index is 0.0355. The van der Waals surface area contributed by atoms with Gasteiger partial charge in [-0.05, 0) is 5.56 Å². The molecule has 0 radical (unpaired) electrons. The Bertz CT molecular complexity index is 461. The van der Waals surface area contributed by atoms with Gasteiger partial charge in [0.15, 0.2) is 0 Å². The number of rotatable bonds is 4. The second kappa shape index (κ2) is 5.71. The van der Waals surface area contributed by atoms with E-state index in [2.05, 4.69) is 4.74 Å². The van der Waals surface area contributed by atoms with E-state index in [0.717, 1.165) is 5.56 Å². The SMILES string of the molecule is O=C(O)OC1CC(=O)N(CC(O)c2ccccc2)C1. The highest BCUT2D eigenvalue weighted by Crippen LogP contribution is 2.19. The number of aliphatic hydroxyl groups excluding tert-OH is 1. The average Bonchev–Trinajstić information content (AvgIpc) is 2.69. The molecule has 0 aliphatic carbocycles. The van der Waals surface area contributed by atoms with Crippen LogP contribution in [0.3, 0.4) is 0 Å². The van der Waals surface area contributed by atoms with Gasteiger partial charge in [-0.1, -0.05) is 30.3 Å². The fourth-order valence-electron chi connectivity index (χ4n) is 2.12. The van der Waals surface area contributed by atoms with Gasteiger partial charge in [-0.25, -0.2) is 4.79 Å². The predicted octanol–water partition coefficient (Wildman–Crippen LogP) is 1.02. The molecule has 19 heavy (non-hydrogen) atoms. The van der Waals surface area contributed by atoms with Gasteiger partial charge < -0.3 is 19.8 Å². The van der Waals surface area contributed by atoms with E-state index in [1.165, 1.54) is 4.90 Å². The zero-order valence-corrected chi connectivity index (χ0v) is 10.2. The molecular formula is C13H15NO5. The second-order valence-corrected chi connectivity index (χ2v) is 4.44. The van der Waals surface area contributed by atoms with Crippen LogP contribution in [0.5, 0.6) is 0 Å². The largest absolute Gasteiger partial charge is 0.506 e. The number of likely N-dealkylation sites (tertiary alicyclic amines) is 1. The lowest BCUT2D eigenvalue weighted by Gasteiger charge is -2.20. The maximum absolute atomic E-state index is 11.7. The summed E-state index contributed by atoms with van der Waals surface area (Å²) in [5.74, 6) is -0.207. The van der Waals surface area contributed by atoms with Gasteiger partial charge in [-0.3, -0.25) is 4.79 Å². The number of ether oxygens (including phenoxy) is 1. The molecule has 1 fully saturated rings. The van der Waals surface area contributed by atoms with E-state index < -0.39 is 18.4 Å². The highest BCUT2D eigenvalue weighted by molar-refractivity contribution is 5.79. The second-order valence-electron chi connectivity index (χ2n) is 4.44. The highest BCUT2D eigenvalue weighted by atomic mass is 16.7. The minimum atomic E-state index is -1.39. The number of benzene rings is 1. The van der Waals surface area contributed by atoms with Crippen LogP contribution >= 0.6 is 0 Å². The Balaban J connectivity index is 1.93. The quantitative estimate of drug-likeness (QED) is 0.793. The molecule has 1 saturated heterocycles. The average molecular weight is 265 g/mol. The number of nitrogens with zero attached hydrogens (tertiary/aromatic N) is 1. The highest BCUT2D eigenvalue weighted by Gasteiger charge is 2.33. The monoisotopic (exact) mass is 265 g/mol. The van der Waals surface area contributed by atoms with Crippen molar-refractivity contribution in [1.82, 2.24) is 4.90 Å². The van der Waals surface area contributed by atoms with Crippen molar-refractivity contribution in [2.75, 3.05) is 13.1 Å². The minimum Gasteiger partial charge on any atom is -0.450 e. The lowest BCUT2D eigenvalue weighted by Crippen LogP contribution is -2.31. The first-order chi connectivity index (χ1) is 9.06. The molecule has 1 aromatic carbocycles. The van der Waals surface area contributed by atoms with Crippen LogP contribution in [0.4, 0.5) is 4.79 Å². The van der Waals surface area contributed by atoms with Crippen LogP contribution in [-0.2, 0) is 9.53 Å². The van der Waals surface area contributed by atoms with E-state index in [1.807, 2.05) is 6.07 Å². The molecule has 1 aromatic rings. The van der Waals surface area contributed by atoms with Crippen molar-refractivity contribution in [3.8, 4) is 0 Å². The molecule has 0 bridgehead atoms. The van der Waals surface area contributed by atoms with Gasteiger partial charge in [0.2, 0.25) is 5.91 Å².